The van der Waals surface area contributed by atoms with Gasteiger partial charge in [0.15, 0.2) is 0 Å². The van der Waals surface area contributed by atoms with E-state index in [0.29, 0.717) is 11.3 Å². The molecule has 1 aromatic carbocycles. The summed E-state index contributed by atoms with van der Waals surface area (Å²) >= 11 is 0. The van der Waals surface area contributed by atoms with Crippen molar-refractivity contribution in [3.8, 4) is 5.75 Å². The van der Waals surface area contributed by atoms with Crippen molar-refractivity contribution in [3.63, 3.8) is 0 Å². The number of amides is 1. The number of carbonyl (C=O) groups excluding carboxylic acids is 1. The monoisotopic (exact) mass is 340 g/mol. The maximum Gasteiger partial charge on any atom is 0.573 e. The van der Waals surface area contributed by atoms with Crippen LogP contribution in [0.4, 0.5) is 13.2 Å². The van der Waals surface area contributed by atoms with E-state index < -0.39 is 18.0 Å². The number of nitrogens with one attached hydrogen (secondary N) is 2. The normalized spacial score (nSPS) is 11.2. The second kappa shape index (κ2) is 6.77. The lowest BCUT2D eigenvalue weighted by molar-refractivity contribution is -0.274. The first kappa shape index (κ1) is 17.6. The maximum atomic E-state index is 12.1. The Morgan fingerprint density at radius 1 is 1.21 bits per heavy atom. The van der Waals surface area contributed by atoms with Crippen molar-refractivity contribution in [2.45, 2.75) is 26.8 Å². The van der Waals surface area contributed by atoms with Crippen molar-refractivity contribution in [2.24, 2.45) is 0 Å². The van der Waals surface area contributed by atoms with Gasteiger partial charge in [0.25, 0.3) is 11.5 Å². The van der Waals surface area contributed by atoms with Gasteiger partial charge in [-0.05, 0) is 49.7 Å². The number of alkyl halides is 3. The van der Waals surface area contributed by atoms with Gasteiger partial charge >= 0.3 is 6.36 Å². The van der Waals surface area contributed by atoms with Gasteiger partial charge in [-0.1, -0.05) is 0 Å². The minimum Gasteiger partial charge on any atom is -0.406 e. The van der Waals surface area contributed by atoms with Gasteiger partial charge in [0.05, 0.1) is 0 Å². The van der Waals surface area contributed by atoms with Crippen molar-refractivity contribution in [3.05, 3.63) is 63.1 Å². The minimum atomic E-state index is -4.78. The first-order valence-electron chi connectivity index (χ1n) is 6.99. The predicted octanol–water partition coefficient (Wildman–Crippen LogP) is 2.82. The van der Waals surface area contributed by atoms with Crippen LogP contribution in [0.3, 0.4) is 0 Å². The summed E-state index contributed by atoms with van der Waals surface area (Å²) in [5.74, 6) is -0.919. The number of carbonyl (C=O) groups is 1. The van der Waals surface area contributed by atoms with Crippen LogP contribution in [-0.2, 0) is 6.54 Å². The third-order valence-corrected chi connectivity index (χ3v) is 3.27. The third kappa shape index (κ3) is 4.61. The van der Waals surface area contributed by atoms with Crippen LogP contribution in [0.5, 0.6) is 5.75 Å². The molecule has 0 saturated heterocycles. The molecule has 0 bridgehead atoms. The van der Waals surface area contributed by atoms with E-state index in [2.05, 4.69) is 15.0 Å². The third-order valence-electron chi connectivity index (χ3n) is 3.27. The van der Waals surface area contributed by atoms with Crippen molar-refractivity contribution in [2.75, 3.05) is 0 Å². The van der Waals surface area contributed by atoms with E-state index >= 15 is 0 Å². The summed E-state index contributed by atoms with van der Waals surface area (Å²) in [7, 11) is 0. The van der Waals surface area contributed by atoms with Crippen LogP contribution in [0, 0.1) is 13.8 Å². The van der Waals surface area contributed by atoms with Gasteiger partial charge in [-0.3, -0.25) is 9.59 Å². The molecule has 0 atom stereocenters. The number of H-pyrrole nitrogens is 1. The lowest BCUT2D eigenvalue weighted by Crippen LogP contribution is -2.27. The van der Waals surface area contributed by atoms with Crippen molar-refractivity contribution in [1.82, 2.24) is 10.3 Å². The molecule has 128 valence electrons. The first-order chi connectivity index (χ1) is 11.2. The molecule has 2 rings (SSSR count). The summed E-state index contributed by atoms with van der Waals surface area (Å²) in [6.07, 6.45) is -4.78. The highest BCUT2D eigenvalue weighted by Crippen LogP contribution is 2.22. The van der Waals surface area contributed by atoms with E-state index in [1.54, 1.807) is 19.9 Å². The Labute approximate surface area is 135 Å². The lowest BCUT2D eigenvalue weighted by Gasteiger charge is -2.10. The van der Waals surface area contributed by atoms with Crippen LogP contribution >= 0.6 is 0 Å². The number of benzene rings is 1. The number of hydrogen-bond donors (Lipinski definition) is 2. The Hall–Kier alpha value is -2.77. The quantitative estimate of drug-likeness (QED) is 0.899. The van der Waals surface area contributed by atoms with Crippen molar-refractivity contribution < 1.29 is 22.7 Å². The fourth-order valence-corrected chi connectivity index (χ4v) is 2.18. The zero-order valence-electron chi connectivity index (χ0n) is 13.0. The second-order valence-electron chi connectivity index (χ2n) is 5.20. The number of halogens is 3. The average Bonchev–Trinajstić information content (AvgIpc) is 2.45. The van der Waals surface area contributed by atoms with Gasteiger partial charge in [0.1, 0.15) is 5.75 Å². The highest BCUT2D eigenvalue weighted by Gasteiger charge is 2.31. The molecule has 0 aliphatic rings. The standard InChI is InChI=1S/C16H15F3N2O3/c1-9-7-10(2)21-15(23)13(9)8-20-14(22)11-3-5-12(6-4-11)24-16(17,18)19/h3-7H,8H2,1-2H3,(H,20,22)(H,21,23). The highest BCUT2D eigenvalue weighted by molar-refractivity contribution is 5.94. The number of ether oxygens (including phenoxy) is 1. The van der Waals surface area contributed by atoms with Crippen LogP contribution in [0.25, 0.3) is 0 Å². The van der Waals surface area contributed by atoms with Crippen molar-refractivity contribution >= 4 is 5.91 Å². The van der Waals surface area contributed by atoms with E-state index in [9.17, 15) is 22.8 Å². The van der Waals surface area contributed by atoms with E-state index in [-0.39, 0.29) is 17.7 Å². The Kier molecular flexibility index (Phi) is 4.96. The molecule has 0 saturated carbocycles. The Bertz CT molecular complexity index is 796. The van der Waals surface area contributed by atoms with Gasteiger partial charge in [0.2, 0.25) is 0 Å². The summed E-state index contributed by atoms with van der Waals surface area (Å²) in [6, 6.07) is 6.30. The van der Waals surface area contributed by atoms with Crippen LogP contribution in [-0.4, -0.2) is 17.3 Å². The second-order valence-corrected chi connectivity index (χ2v) is 5.20. The number of rotatable bonds is 4. The van der Waals surface area contributed by atoms with E-state index in [1.165, 1.54) is 12.1 Å². The van der Waals surface area contributed by atoms with Gasteiger partial charge in [0, 0.05) is 23.4 Å². The molecule has 0 aliphatic heterocycles. The molecular weight excluding hydrogens is 325 g/mol. The fourth-order valence-electron chi connectivity index (χ4n) is 2.18. The Morgan fingerprint density at radius 3 is 2.38 bits per heavy atom. The molecular formula is C16H15F3N2O3. The van der Waals surface area contributed by atoms with Crippen LogP contribution < -0.4 is 15.6 Å². The van der Waals surface area contributed by atoms with E-state index in [4.69, 9.17) is 0 Å². The molecule has 0 fully saturated rings. The Morgan fingerprint density at radius 2 is 1.83 bits per heavy atom. The molecule has 0 unspecified atom stereocenters. The molecule has 1 heterocycles. The van der Waals surface area contributed by atoms with Gasteiger partial charge in [-0.15, -0.1) is 13.2 Å². The summed E-state index contributed by atoms with van der Waals surface area (Å²) in [5, 5.41) is 2.56. The number of aromatic amines is 1. The van der Waals surface area contributed by atoms with E-state index in [1.807, 2.05) is 0 Å². The summed E-state index contributed by atoms with van der Waals surface area (Å²) in [6.45, 7) is 3.52. The number of aromatic nitrogens is 1. The molecule has 1 amide bonds. The predicted molar refractivity (Wildman–Crippen MR) is 80.8 cm³/mol. The van der Waals surface area contributed by atoms with Gasteiger partial charge in [-0.2, -0.15) is 0 Å². The Balaban J connectivity index is 2.04. The molecule has 0 aliphatic carbocycles. The molecule has 24 heavy (non-hydrogen) atoms. The van der Waals surface area contributed by atoms with Crippen LogP contribution in [0.1, 0.15) is 27.2 Å². The lowest BCUT2D eigenvalue weighted by atomic mass is 10.1. The molecule has 2 aromatic rings. The van der Waals surface area contributed by atoms with Crippen LogP contribution in [0.15, 0.2) is 35.1 Å². The average molecular weight is 340 g/mol. The van der Waals surface area contributed by atoms with Crippen molar-refractivity contribution in [1.29, 1.82) is 0 Å². The summed E-state index contributed by atoms with van der Waals surface area (Å²) < 4.78 is 40.0. The molecule has 1 aromatic heterocycles. The smallest absolute Gasteiger partial charge is 0.406 e. The van der Waals surface area contributed by atoms with Gasteiger partial charge < -0.3 is 15.0 Å². The van der Waals surface area contributed by atoms with Crippen LogP contribution in [0.2, 0.25) is 0 Å². The van der Waals surface area contributed by atoms with E-state index in [0.717, 1.165) is 17.7 Å². The maximum absolute atomic E-state index is 12.1. The summed E-state index contributed by atoms with van der Waals surface area (Å²) in [4.78, 5) is 26.5. The minimum absolute atomic E-state index is 0.0150. The molecule has 0 spiro atoms. The number of aryl methyl sites for hydroxylation is 2. The zero-order valence-corrected chi connectivity index (χ0v) is 13.0. The molecule has 5 nitrogen and oxygen atoms in total. The SMILES string of the molecule is Cc1cc(C)c(CNC(=O)c2ccc(OC(F)(F)F)cc2)c(=O)[nH]1. The number of hydrogen-bond acceptors (Lipinski definition) is 3. The number of pyridine rings is 1. The molecule has 0 radical (unpaired) electrons. The fraction of sp³-hybridized carbons (Fsp3) is 0.250. The first-order valence-corrected chi connectivity index (χ1v) is 6.99. The molecule has 8 heteroatoms. The highest BCUT2D eigenvalue weighted by atomic mass is 19.4. The molecule has 2 N–H and O–H groups in total. The zero-order chi connectivity index (χ0) is 17.9. The topological polar surface area (TPSA) is 71.2 Å². The summed E-state index contributed by atoms with van der Waals surface area (Å²) in [5.41, 5.74) is 1.75. The largest absolute Gasteiger partial charge is 0.573 e. The van der Waals surface area contributed by atoms with Gasteiger partial charge in [-0.25, -0.2) is 0 Å².